The maximum atomic E-state index is 2.61. The summed E-state index contributed by atoms with van der Waals surface area (Å²) in [5.74, 6) is 0.820. The van der Waals surface area contributed by atoms with Crippen LogP contribution in [0.2, 0.25) is 0 Å². The van der Waals surface area contributed by atoms with Gasteiger partial charge in [-0.2, -0.15) is 0 Å². The van der Waals surface area contributed by atoms with Crippen LogP contribution in [0.1, 0.15) is 17.5 Å². The highest BCUT2D eigenvalue weighted by molar-refractivity contribution is 5.58. The fraction of sp³-hybridized carbons (Fsp3) is 0.667. The van der Waals surface area contributed by atoms with Crippen molar-refractivity contribution in [1.82, 2.24) is 9.80 Å². The van der Waals surface area contributed by atoms with Crippen LogP contribution >= 0.6 is 0 Å². The molecular formula is C18H29N3. The first kappa shape index (κ1) is 14.9. The van der Waals surface area contributed by atoms with Crippen molar-refractivity contribution >= 4 is 5.69 Å². The van der Waals surface area contributed by atoms with Crippen molar-refractivity contribution in [2.75, 3.05) is 58.8 Å². The predicted octanol–water partition coefficient (Wildman–Crippen LogP) is 2.10. The van der Waals surface area contributed by atoms with Gasteiger partial charge in [0, 0.05) is 38.4 Å². The Hall–Kier alpha value is -1.06. The van der Waals surface area contributed by atoms with E-state index in [4.69, 9.17) is 0 Å². The number of hydrogen-bond donors (Lipinski definition) is 0. The highest BCUT2D eigenvalue weighted by atomic mass is 15.2. The molecule has 1 saturated heterocycles. The Bertz CT molecular complexity index is 475. The number of anilines is 1. The Labute approximate surface area is 129 Å². The van der Waals surface area contributed by atoms with Crippen molar-refractivity contribution < 1.29 is 0 Å². The summed E-state index contributed by atoms with van der Waals surface area (Å²) in [5.41, 5.74) is 4.76. The van der Waals surface area contributed by atoms with E-state index in [1.807, 2.05) is 0 Å². The molecule has 1 unspecified atom stereocenters. The molecule has 0 N–H and O–H groups in total. The molecule has 1 aromatic carbocycles. The highest BCUT2D eigenvalue weighted by Gasteiger charge is 2.24. The zero-order chi connectivity index (χ0) is 14.8. The molecule has 0 radical (unpaired) electrons. The van der Waals surface area contributed by atoms with Crippen LogP contribution in [0.15, 0.2) is 18.2 Å². The van der Waals surface area contributed by atoms with Crippen molar-refractivity contribution in [1.29, 1.82) is 0 Å². The van der Waals surface area contributed by atoms with Gasteiger partial charge < -0.3 is 14.7 Å². The number of aryl methyl sites for hydroxylation is 1. The summed E-state index contributed by atoms with van der Waals surface area (Å²) in [6.07, 6.45) is 3.86. The Kier molecular flexibility index (Phi) is 4.51. The third-order valence-corrected chi connectivity index (χ3v) is 5.03. The van der Waals surface area contributed by atoms with E-state index in [2.05, 4.69) is 54.0 Å². The Morgan fingerprint density at radius 2 is 1.90 bits per heavy atom. The van der Waals surface area contributed by atoms with Gasteiger partial charge >= 0.3 is 0 Å². The average molecular weight is 287 g/mol. The molecule has 3 heteroatoms. The van der Waals surface area contributed by atoms with Gasteiger partial charge in [-0.15, -0.1) is 0 Å². The van der Waals surface area contributed by atoms with E-state index < -0.39 is 0 Å². The maximum Gasteiger partial charge on any atom is 0.0402 e. The Morgan fingerprint density at radius 3 is 2.62 bits per heavy atom. The molecule has 0 amide bonds. The lowest BCUT2D eigenvalue weighted by Gasteiger charge is -2.37. The lowest BCUT2D eigenvalue weighted by Crippen LogP contribution is -2.45. The number of rotatable bonds is 3. The first-order valence-corrected chi connectivity index (χ1v) is 8.32. The Balaban J connectivity index is 1.80. The van der Waals surface area contributed by atoms with Gasteiger partial charge in [0.1, 0.15) is 0 Å². The van der Waals surface area contributed by atoms with Gasteiger partial charge in [-0.3, -0.25) is 0 Å². The van der Waals surface area contributed by atoms with E-state index in [1.165, 1.54) is 57.7 Å². The molecule has 2 aliphatic rings. The van der Waals surface area contributed by atoms with Crippen molar-refractivity contribution in [3.05, 3.63) is 29.3 Å². The molecule has 3 rings (SSSR count). The summed E-state index contributed by atoms with van der Waals surface area (Å²) in [6.45, 7) is 5.93. The number of fused-ring (bicyclic) bond motifs is 1. The molecule has 0 aromatic heterocycles. The summed E-state index contributed by atoms with van der Waals surface area (Å²) < 4.78 is 0. The molecule has 1 atom stereocenters. The maximum absolute atomic E-state index is 2.61. The van der Waals surface area contributed by atoms with E-state index in [-0.39, 0.29) is 0 Å². The molecule has 3 nitrogen and oxygen atoms in total. The van der Waals surface area contributed by atoms with Crippen LogP contribution in [0.3, 0.4) is 0 Å². The first-order valence-electron chi connectivity index (χ1n) is 8.32. The zero-order valence-corrected chi connectivity index (χ0v) is 13.8. The molecule has 0 bridgehead atoms. The second-order valence-electron chi connectivity index (χ2n) is 7.08. The topological polar surface area (TPSA) is 9.72 Å². The molecule has 0 saturated carbocycles. The summed E-state index contributed by atoms with van der Waals surface area (Å²) >= 11 is 0. The molecular weight excluding hydrogens is 258 g/mol. The summed E-state index contributed by atoms with van der Waals surface area (Å²) in [4.78, 5) is 7.38. The van der Waals surface area contributed by atoms with Gasteiger partial charge in [0.15, 0.2) is 0 Å². The molecule has 1 aliphatic heterocycles. The molecule has 0 spiro atoms. The van der Waals surface area contributed by atoms with E-state index >= 15 is 0 Å². The smallest absolute Gasteiger partial charge is 0.0402 e. The SMILES string of the molecule is CN(C)CC1CCc2cccc(N3CCN(C)CC3)c2C1. The number of nitrogens with zero attached hydrogens (tertiary/aromatic N) is 3. The van der Waals surface area contributed by atoms with Gasteiger partial charge in [0.25, 0.3) is 0 Å². The van der Waals surface area contributed by atoms with Crippen LogP contribution in [0, 0.1) is 5.92 Å². The van der Waals surface area contributed by atoms with Gasteiger partial charge in [-0.1, -0.05) is 12.1 Å². The predicted molar refractivity (Wildman–Crippen MR) is 90.2 cm³/mol. The normalized spacial score (nSPS) is 23.4. The van der Waals surface area contributed by atoms with Gasteiger partial charge in [-0.25, -0.2) is 0 Å². The lowest BCUT2D eigenvalue weighted by molar-refractivity contribution is 0.300. The first-order chi connectivity index (χ1) is 10.1. The number of likely N-dealkylation sites (N-methyl/N-ethyl adjacent to an activating group) is 1. The van der Waals surface area contributed by atoms with Crippen LogP contribution in [-0.2, 0) is 12.8 Å². The van der Waals surface area contributed by atoms with E-state index in [1.54, 1.807) is 11.1 Å². The summed E-state index contributed by atoms with van der Waals surface area (Å²) in [5, 5.41) is 0. The van der Waals surface area contributed by atoms with Gasteiger partial charge in [0.05, 0.1) is 0 Å². The third-order valence-electron chi connectivity index (χ3n) is 5.03. The minimum atomic E-state index is 0.820. The second-order valence-corrected chi connectivity index (χ2v) is 7.08. The van der Waals surface area contributed by atoms with E-state index in [0.717, 1.165) is 5.92 Å². The monoisotopic (exact) mass is 287 g/mol. The lowest BCUT2D eigenvalue weighted by atomic mass is 9.82. The molecule has 116 valence electrons. The largest absolute Gasteiger partial charge is 0.369 e. The van der Waals surface area contributed by atoms with Gasteiger partial charge in [0.2, 0.25) is 0 Å². The van der Waals surface area contributed by atoms with Crippen LogP contribution in [0.5, 0.6) is 0 Å². The summed E-state index contributed by atoms with van der Waals surface area (Å²) in [7, 11) is 6.62. The Morgan fingerprint density at radius 1 is 1.14 bits per heavy atom. The van der Waals surface area contributed by atoms with Crippen molar-refractivity contribution in [3.8, 4) is 0 Å². The molecule has 1 heterocycles. The van der Waals surface area contributed by atoms with Gasteiger partial charge in [-0.05, 0) is 63.5 Å². The fourth-order valence-electron chi connectivity index (χ4n) is 3.86. The molecule has 1 aromatic rings. The van der Waals surface area contributed by atoms with Crippen molar-refractivity contribution in [3.63, 3.8) is 0 Å². The van der Waals surface area contributed by atoms with Crippen LogP contribution in [0.25, 0.3) is 0 Å². The standard InChI is InChI=1S/C18H29N3/c1-19(2)14-15-7-8-16-5-4-6-18(17(16)13-15)21-11-9-20(3)10-12-21/h4-6,15H,7-14H2,1-3H3. The molecule has 1 fully saturated rings. The van der Waals surface area contributed by atoms with Crippen LogP contribution in [0.4, 0.5) is 5.69 Å². The highest BCUT2D eigenvalue weighted by Crippen LogP contribution is 2.33. The van der Waals surface area contributed by atoms with E-state index in [9.17, 15) is 0 Å². The van der Waals surface area contributed by atoms with Crippen LogP contribution < -0.4 is 4.90 Å². The van der Waals surface area contributed by atoms with Crippen molar-refractivity contribution in [2.24, 2.45) is 5.92 Å². The number of hydrogen-bond acceptors (Lipinski definition) is 3. The molecule has 1 aliphatic carbocycles. The minimum absolute atomic E-state index is 0.820. The second kappa shape index (κ2) is 6.37. The van der Waals surface area contributed by atoms with E-state index in [0.29, 0.717) is 0 Å². The number of piperazine rings is 1. The van der Waals surface area contributed by atoms with Crippen molar-refractivity contribution in [2.45, 2.75) is 19.3 Å². The minimum Gasteiger partial charge on any atom is -0.369 e. The molecule has 21 heavy (non-hydrogen) atoms. The van der Waals surface area contributed by atoms with Crippen LogP contribution in [-0.4, -0.2) is 63.7 Å². The zero-order valence-electron chi connectivity index (χ0n) is 13.8. The summed E-state index contributed by atoms with van der Waals surface area (Å²) in [6, 6.07) is 6.96. The quantitative estimate of drug-likeness (QED) is 0.843. The third kappa shape index (κ3) is 3.41. The number of benzene rings is 1. The average Bonchev–Trinajstić information content (AvgIpc) is 2.47. The fourth-order valence-corrected chi connectivity index (χ4v) is 3.86.